The first-order valence-corrected chi connectivity index (χ1v) is 8.31. The van der Waals surface area contributed by atoms with Gasteiger partial charge in [0.25, 0.3) is 5.91 Å². The number of hydrogen-bond donors (Lipinski definition) is 1. The van der Waals surface area contributed by atoms with E-state index >= 15 is 0 Å². The Morgan fingerprint density at radius 2 is 1.69 bits per heavy atom. The van der Waals surface area contributed by atoms with Crippen LogP contribution in [0.15, 0.2) is 48.5 Å². The molecule has 0 aromatic heterocycles. The van der Waals surface area contributed by atoms with Gasteiger partial charge in [0.2, 0.25) is 0 Å². The highest BCUT2D eigenvalue weighted by molar-refractivity contribution is 5.94. The predicted octanol–water partition coefficient (Wildman–Crippen LogP) is 3.38. The number of nitrogens with one attached hydrogen (secondary N) is 1. The van der Waals surface area contributed by atoms with Gasteiger partial charge in [0.05, 0.1) is 12.8 Å². The standard InChI is InChI=1S/C20H23NO5/c1-14(2)15-8-10-16(11-9-15)25-13-20(23)26-12-19(22)21-17-6-4-5-7-18(17)24-3/h4-11,14H,12-13H2,1-3H3,(H,21,22). The SMILES string of the molecule is COc1ccccc1NC(=O)COC(=O)COc1ccc(C(C)C)cc1. The van der Waals surface area contributed by atoms with Gasteiger partial charge in [-0.25, -0.2) is 4.79 Å². The number of hydrogen-bond acceptors (Lipinski definition) is 5. The topological polar surface area (TPSA) is 73.9 Å². The number of para-hydroxylation sites is 2. The van der Waals surface area contributed by atoms with Crippen molar-refractivity contribution in [3.63, 3.8) is 0 Å². The zero-order chi connectivity index (χ0) is 18.9. The second-order valence-corrected chi connectivity index (χ2v) is 5.92. The second kappa shape index (κ2) is 9.46. The van der Waals surface area contributed by atoms with Crippen molar-refractivity contribution in [3.05, 3.63) is 54.1 Å². The first-order chi connectivity index (χ1) is 12.5. The summed E-state index contributed by atoms with van der Waals surface area (Å²) in [6.45, 7) is 3.54. The lowest BCUT2D eigenvalue weighted by Crippen LogP contribution is -2.23. The van der Waals surface area contributed by atoms with Gasteiger partial charge in [0, 0.05) is 0 Å². The van der Waals surface area contributed by atoms with Crippen LogP contribution in [0, 0.1) is 0 Å². The average Bonchev–Trinajstić information content (AvgIpc) is 2.65. The van der Waals surface area contributed by atoms with E-state index in [4.69, 9.17) is 14.2 Å². The van der Waals surface area contributed by atoms with Crippen molar-refractivity contribution in [1.82, 2.24) is 0 Å². The van der Waals surface area contributed by atoms with E-state index in [-0.39, 0.29) is 6.61 Å². The number of esters is 1. The summed E-state index contributed by atoms with van der Waals surface area (Å²) in [5.74, 6) is 0.457. The minimum atomic E-state index is -0.617. The molecular formula is C20H23NO5. The number of ether oxygens (including phenoxy) is 3. The molecule has 0 unspecified atom stereocenters. The maximum absolute atomic E-state index is 11.9. The van der Waals surface area contributed by atoms with Crippen molar-refractivity contribution < 1.29 is 23.8 Å². The second-order valence-electron chi connectivity index (χ2n) is 5.92. The lowest BCUT2D eigenvalue weighted by molar-refractivity contribution is -0.149. The molecule has 1 N–H and O–H groups in total. The number of rotatable bonds is 8. The van der Waals surface area contributed by atoms with Gasteiger partial charge in [-0.3, -0.25) is 4.79 Å². The molecule has 0 aliphatic rings. The fraction of sp³-hybridized carbons (Fsp3) is 0.300. The van der Waals surface area contributed by atoms with Crippen LogP contribution in [0.25, 0.3) is 0 Å². The molecule has 0 bridgehead atoms. The molecule has 26 heavy (non-hydrogen) atoms. The smallest absolute Gasteiger partial charge is 0.344 e. The van der Waals surface area contributed by atoms with E-state index in [2.05, 4.69) is 19.2 Å². The Morgan fingerprint density at radius 3 is 2.35 bits per heavy atom. The largest absolute Gasteiger partial charge is 0.495 e. The molecule has 0 atom stereocenters. The monoisotopic (exact) mass is 357 g/mol. The number of anilines is 1. The molecule has 0 aliphatic heterocycles. The normalized spacial score (nSPS) is 10.3. The summed E-state index contributed by atoms with van der Waals surface area (Å²) in [6, 6.07) is 14.5. The molecular weight excluding hydrogens is 334 g/mol. The van der Waals surface area contributed by atoms with Crippen molar-refractivity contribution >= 4 is 17.6 Å². The predicted molar refractivity (Wildman–Crippen MR) is 98.6 cm³/mol. The third-order valence-electron chi connectivity index (χ3n) is 3.65. The van der Waals surface area contributed by atoms with Gasteiger partial charge in [0.1, 0.15) is 11.5 Å². The van der Waals surface area contributed by atoms with Crippen molar-refractivity contribution in [1.29, 1.82) is 0 Å². The van der Waals surface area contributed by atoms with Gasteiger partial charge in [-0.2, -0.15) is 0 Å². The Kier molecular flexibility index (Phi) is 7.02. The molecule has 0 heterocycles. The third-order valence-corrected chi connectivity index (χ3v) is 3.65. The Hall–Kier alpha value is -3.02. The summed E-state index contributed by atoms with van der Waals surface area (Å²) in [4.78, 5) is 23.6. The number of carbonyl (C=O) groups excluding carboxylic acids is 2. The minimum absolute atomic E-state index is 0.261. The van der Waals surface area contributed by atoms with Crippen LogP contribution in [0.3, 0.4) is 0 Å². The first kappa shape index (κ1) is 19.3. The molecule has 0 fully saturated rings. The molecule has 138 valence electrons. The molecule has 0 saturated carbocycles. The summed E-state index contributed by atoms with van der Waals surface area (Å²) in [6.07, 6.45) is 0. The summed E-state index contributed by atoms with van der Waals surface area (Å²) in [5.41, 5.74) is 1.70. The van der Waals surface area contributed by atoms with Gasteiger partial charge in [-0.05, 0) is 35.7 Å². The van der Waals surface area contributed by atoms with E-state index in [1.54, 1.807) is 36.4 Å². The number of benzene rings is 2. The van der Waals surface area contributed by atoms with Gasteiger partial charge in [-0.1, -0.05) is 38.1 Å². The molecule has 1 amide bonds. The molecule has 2 rings (SSSR count). The molecule has 6 nitrogen and oxygen atoms in total. The Labute approximate surface area is 153 Å². The van der Waals surface area contributed by atoms with Crippen LogP contribution in [0.5, 0.6) is 11.5 Å². The van der Waals surface area contributed by atoms with Crippen LogP contribution in [0.2, 0.25) is 0 Å². The van der Waals surface area contributed by atoms with Crippen LogP contribution in [-0.4, -0.2) is 32.2 Å². The maximum atomic E-state index is 11.9. The van der Waals surface area contributed by atoms with Crippen molar-refractivity contribution in [2.24, 2.45) is 0 Å². The van der Waals surface area contributed by atoms with E-state index in [1.807, 2.05) is 12.1 Å². The molecule has 0 aliphatic carbocycles. The number of carbonyl (C=O) groups is 2. The maximum Gasteiger partial charge on any atom is 0.344 e. The quantitative estimate of drug-likeness (QED) is 0.733. The Bertz CT molecular complexity index is 740. The Balaban J connectivity index is 1.75. The van der Waals surface area contributed by atoms with Gasteiger partial charge >= 0.3 is 5.97 Å². The fourth-order valence-corrected chi connectivity index (χ4v) is 2.21. The molecule has 6 heteroatoms. The summed E-state index contributed by atoms with van der Waals surface area (Å²) >= 11 is 0. The first-order valence-electron chi connectivity index (χ1n) is 8.31. The summed E-state index contributed by atoms with van der Waals surface area (Å²) < 4.78 is 15.4. The highest BCUT2D eigenvalue weighted by atomic mass is 16.6. The number of methoxy groups -OCH3 is 1. The third kappa shape index (κ3) is 5.81. The fourth-order valence-electron chi connectivity index (χ4n) is 2.21. The average molecular weight is 357 g/mol. The summed E-state index contributed by atoms with van der Waals surface area (Å²) in [5, 5.41) is 2.63. The van der Waals surface area contributed by atoms with Crippen LogP contribution >= 0.6 is 0 Å². The van der Waals surface area contributed by atoms with Gasteiger partial charge in [-0.15, -0.1) is 0 Å². The van der Waals surface area contributed by atoms with Crippen molar-refractivity contribution in [2.45, 2.75) is 19.8 Å². The van der Waals surface area contributed by atoms with Gasteiger partial charge < -0.3 is 19.5 Å². The van der Waals surface area contributed by atoms with E-state index in [0.29, 0.717) is 23.1 Å². The minimum Gasteiger partial charge on any atom is -0.495 e. The highest BCUT2D eigenvalue weighted by Gasteiger charge is 2.11. The number of amides is 1. The van der Waals surface area contributed by atoms with E-state index < -0.39 is 18.5 Å². The molecule has 2 aromatic carbocycles. The van der Waals surface area contributed by atoms with Crippen LogP contribution in [0.4, 0.5) is 5.69 Å². The van der Waals surface area contributed by atoms with Crippen LogP contribution in [-0.2, 0) is 14.3 Å². The lowest BCUT2D eigenvalue weighted by atomic mass is 10.0. The zero-order valence-corrected chi connectivity index (χ0v) is 15.2. The molecule has 2 aromatic rings. The van der Waals surface area contributed by atoms with E-state index in [0.717, 1.165) is 0 Å². The van der Waals surface area contributed by atoms with Gasteiger partial charge in [0.15, 0.2) is 13.2 Å². The van der Waals surface area contributed by atoms with Crippen molar-refractivity contribution in [2.75, 3.05) is 25.6 Å². The zero-order valence-electron chi connectivity index (χ0n) is 15.2. The molecule has 0 spiro atoms. The highest BCUT2D eigenvalue weighted by Crippen LogP contribution is 2.22. The Morgan fingerprint density at radius 1 is 1.00 bits per heavy atom. The lowest BCUT2D eigenvalue weighted by Gasteiger charge is -2.11. The van der Waals surface area contributed by atoms with Crippen LogP contribution in [0.1, 0.15) is 25.3 Å². The summed E-state index contributed by atoms with van der Waals surface area (Å²) in [7, 11) is 1.51. The van der Waals surface area contributed by atoms with E-state index in [9.17, 15) is 9.59 Å². The molecule has 0 saturated heterocycles. The molecule has 0 radical (unpaired) electrons. The van der Waals surface area contributed by atoms with E-state index in [1.165, 1.54) is 12.7 Å². The van der Waals surface area contributed by atoms with Crippen molar-refractivity contribution in [3.8, 4) is 11.5 Å². The van der Waals surface area contributed by atoms with Crippen LogP contribution < -0.4 is 14.8 Å².